The van der Waals surface area contributed by atoms with Crippen LogP contribution in [0.4, 0.5) is 0 Å². The lowest BCUT2D eigenvalue weighted by atomic mass is 10.2. The number of ether oxygens (including phenoxy) is 1. The molecule has 1 amide bonds. The van der Waals surface area contributed by atoms with Crippen LogP contribution in [0.1, 0.15) is 21.9 Å². The molecule has 5 nitrogen and oxygen atoms in total. The van der Waals surface area contributed by atoms with E-state index >= 15 is 0 Å². The number of aryl methyl sites for hydroxylation is 1. The van der Waals surface area contributed by atoms with Crippen LogP contribution in [0.5, 0.6) is 5.75 Å². The molecule has 0 unspecified atom stereocenters. The fourth-order valence-electron chi connectivity index (χ4n) is 1.60. The van der Waals surface area contributed by atoms with Crippen molar-refractivity contribution in [1.82, 2.24) is 5.43 Å². The molecule has 1 aromatic carbocycles. The molecule has 0 aliphatic heterocycles. The summed E-state index contributed by atoms with van der Waals surface area (Å²) < 4.78 is 10.9. The molecule has 0 saturated carbocycles. The molecule has 0 bridgehead atoms. The van der Waals surface area contributed by atoms with Gasteiger partial charge in [0.25, 0.3) is 0 Å². The predicted molar refractivity (Wildman–Crippen MR) is 70.9 cm³/mol. The van der Waals surface area contributed by atoms with Gasteiger partial charge in [0, 0.05) is 10.6 Å². The number of carbonyl (C=O) groups excluding carboxylic acids is 1. The highest BCUT2D eigenvalue weighted by atomic mass is 35.5. The number of hydrazine groups is 1. The number of amides is 1. The van der Waals surface area contributed by atoms with Gasteiger partial charge < -0.3 is 9.15 Å². The van der Waals surface area contributed by atoms with E-state index in [9.17, 15) is 4.79 Å². The predicted octanol–water partition coefficient (Wildman–Crippen LogP) is 2.42. The summed E-state index contributed by atoms with van der Waals surface area (Å²) >= 11 is 5.77. The topological polar surface area (TPSA) is 77.5 Å². The van der Waals surface area contributed by atoms with Crippen LogP contribution in [0.25, 0.3) is 0 Å². The first-order chi connectivity index (χ1) is 9.10. The molecule has 3 N–H and O–H groups in total. The zero-order chi connectivity index (χ0) is 13.8. The molecule has 1 aromatic heterocycles. The standard InChI is InChI=1S/C13H13ClN2O3/c1-8-6-11(19-12(8)13(17)16-15)7-18-10-4-2-9(14)3-5-10/h2-6H,7,15H2,1H3,(H,16,17). The molecule has 0 atom stereocenters. The van der Waals surface area contributed by atoms with Crippen LogP contribution in [-0.2, 0) is 6.61 Å². The van der Waals surface area contributed by atoms with E-state index in [1.165, 1.54) is 0 Å². The lowest BCUT2D eigenvalue weighted by Gasteiger charge is -2.03. The lowest BCUT2D eigenvalue weighted by Crippen LogP contribution is -2.30. The third-order valence-electron chi connectivity index (χ3n) is 2.50. The summed E-state index contributed by atoms with van der Waals surface area (Å²) in [4.78, 5) is 11.4. The van der Waals surface area contributed by atoms with Crippen LogP contribution in [-0.4, -0.2) is 5.91 Å². The Labute approximate surface area is 115 Å². The number of nitrogens with one attached hydrogen (secondary N) is 1. The molecule has 100 valence electrons. The van der Waals surface area contributed by atoms with Crippen LogP contribution >= 0.6 is 11.6 Å². The van der Waals surface area contributed by atoms with E-state index in [0.29, 0.717) is 22.1 Å². The molecule has 0 saturated heterocycles. The van der Waals surface area contributed by atoms with E-state index in [1.54, 1.807) is 37.3 Å². The largest absolute Gasteiger partial charge is 0.486 e. The fraction of sp³-hybridized carbons (Fsp3) is 0.154. The zero-order valence-electron chi connectivity index (χ0n) is 10.3. The molecule has 0 radical (unpaired) electrons. The van der Waals surface area contributed by atoms with Gasteiger partial charge in [-0.2, -0.15) is 0 Å². The van der Waals surface area contributed by atoms with Gasteiger partial charge in [0.15, 0.2) is 5.76 Å². The minimum atomic E-state index is -0.463. The van der Waals surface area contributed by atoms with Crippen molar-refractivity contribution in [2.24, 2.45) is 5.84 Å². The van der Waals surface area contributed by atoms with E-state index in [2.05, 4.69) is 0 Å². The maximum Gasteiger partial charge on any atom is 0.301 e. The maximum absolute atomic E-state index is 11.4. The molecular weight excluding hydrogens is 268 g/mol. The Hall–Kier alpha value is -1.98. The smallest absolute Gasteiger partial charge is 0.301 e. The van der Waals surface area contributed by atoms with Gasteiger partial charge in [0.2, 0.25) is 0 Å². The minimum Gasteiger partial charge on any atom is -0.486 e. The quantitative estimate of drug-likeness (QED) is 0.512. The number of furan rings is 1. The first-order valence-electron chi connectivity index (χ1n) is 5.59. The van der Waals surface area contributed by atoms with Crippen LogP contribution in [0.2, 0.25) is 5.02 Å². The van der Waals surface area contributed by atoms with Gasteiger partial charge in [0.1, 0.15) is 18.1 Å². The van der Waals surface area contributed by atoms with E-state index in [1.807, 2.05) is 5.43 Å². The van der Waals surface area contributed by atoms with Crippen molar-refractivity contribution in [3.8, 4) is 5.75 Å². The van der Waals surface area contributed by atoms with Crippen molar-refractivity contribution in [3.05, 3.63) is 52.4 Å². The van der Waals surface area contributed by atoms with Crippen LogP contribution in [0, 0.1) is 6.92 Å². The third-order valence-corrected chi connectivity index (χ3v) is 2.75. The normalized spacial score (nSPS) is 10.3. The number of nitrogens with two attached hydrogens (primary N) is 1. The van der Waals surface area contributed by atoms with Gasteiger partial charge in [-0.05, 0) is 37.3 Å². The molecule has 2 rings (SSSR count). The average Bonchev–Trinajstić information content (AvgIpc) is 2.78. The molecular formula is C13H13ClN2O3. The van der Waals surface area contributed by atoms with Crippen molar-refractivity contribution < 1.29 is 13.9 Å². The van der Waals surface area contributed by atoms with E-state index in [4.69, 9.17) is 26.6 Å². The van der Waals surface area contributed by atoms with Crippen molar-refractivity contribution in [2.45, 2.75) is 13.5 Å². The van der Waals surface area contributed by atoms with Gasteiger partial charge in [-0.1, -0.05) is 11.6 Å². The Balaban J connectivity index is 2.04. The van der Waals surface area contributed by atoms with E-state index < -0.39 is 5.91 Å². The van der Waals surface area contributed by atoms with Crippen LogP contribution < -0.4 is 16.0 Å². The van der Waals surface area contributed by atoms with Gasteiger partial charge in [-0.3, -0.25) is 10.2 Å². The van der Waals surface area contributed by atoms with E-state index in [-0.39, 0.29) is 12.4 Å². The van der Waals surface area contributed by atoms with Crippen molar-refractivity contribution in [3.63, 3.8) is 0 Å². The van der Waals surface area contributed by atoms with Gasteiger partial charge >= 0.3 is 5.91 Å². The second kappa shape index (κ2) is 5.77. The fourth-order valence-corrected chi connectivity index (χ4v) is 1.72. The Kier molecular flexibility index (Phi) is 4.09. The Morgan fingerprint density at radius 3 is 2.74 bits per heavy atom. The monoisotopic (exact) mass is 280 g/mol. The molecule has 0 aliphatic rings. The summed E-state index contributed by atoms with van der Waals surface area (Å²) in [7, 11) is 0. The number of carbonyl (C=O) groups is 1. The van der Waals surface area contributed by atoms with Crippen molar-refractivity contribution in [2.75, 3.05) is 0 Å². The molecule has 1 heterocycles. The highest BCUT2D eigenvalue weighted by Crippen LogP contribution is 2.19. The summed E-state index contributed by atoms with van der Waals surface area (Å²) in [6, 6.07) is 8.72. The number of nitrogen functional groups attached to an aromatic ring is 1. The number of rotatable bonds is 4. The molecule has 6 heteroatoms. The van der Waals surface area contributed by atoms with Crippen molar-refractivity contribution >= 4 is 17.5 Å². The van der Waals surface area contributed by atoms with Crippen LogP contribution in [0.3, 0.4) is 0 Å². The summed E-state index contributed by atoms with van der Waals surface area (Å²) in [6.07, 6.45) is 0. The van der Waals surface area contributed by atoms with Gasteiger partial charge in [0.05, 0.1) is 0 Å². The SMILES string of the molecule is Cc1cc(COc2ccc(Cl)cc2)oc1C(=O)NN. The van der Waals surface area contributed by atoms with Gasteiger partial charge in [-0.25, -0.2) is 5.84 Å². The highest BCUT2D eigenvalue weighted by Gasteiger charge is 2.14. The Morgan fingerprint density at radius 2 is 2.11 bits per heavy atom. The average molecular weight is 281 g/mol. The molecule has 2 aromatic rings. The number of halogens is 1. The van der Waals surface area contributed by atoms with Crippen molar-refractivity contribution in [1.29, 1.82) is 0 Å². The Bertz CT molecular complexity index is 578. The number of benzene rings is 1. The van der Waals surface area contributed by atoms with E-state index in [0.717, 1.165) is 0 Å². The summed E-state index contributed by atoms with van der Waals surface area (Å²) in [5.41, 5.74) is 2.73. The Morgan fingerprint density at radius 1 is 1.42 bits per heavy atom. The molecule has 0 aliphatic carbocycles. The third kappa shape index (κ3) is 3.27. The second-order valence-corrected chi connectivity index (χ2v) is 4.38. The first-order valence-corrected chi connectivity index (χ1v) is 5.96. The molecule has 0 spiro atoms. The number of hydrogen-bond acceptors (Lipinski definition) is 4. The summed E-state index contributed by atoms with van der Waals surface area (Å²) in [5.74, 6) is 6.00. The summed E-state index contributed by atoms with van der Waals surface area (Å²) in [6.45, 7) is 1.99. The number of hydrogen-bond donors (Lipinski definition) is 2. The minimum absolute atomic E-state index is 0.192. The second-order valence-electron chi connectivity index (χ2n) is 3.94. The van der Waals surface area contributed by atoms with Crippen LogP contribution in [0.15, 0.2) is 34.7 Å². The molecule has 19 heavy (non-hydrogen) atoms. The first kappa shape index (κ1) is 13.5. The molecule has 0 fully saturated rings. The maximum atomic E-state index is 11.4. The lowest BCUT2D eigenvalue weighted by molar-refractivity contribution is 0.0921. The summed E-state index contributed by atoms with van der Waals surface area (Å²) in [5, 5.41) is 0.642. The zero-order valence-corrected chi connectivity index (χ0v) is 11.0. The van der Waals surface area contributed by atoms with Gasteiger partial charge in [-0.15, -0.1) is 0 Å². The highest BCUT2D eigenvalue weighted by molar-refractivity contribution is 6.30.